The van der Waals surface area contributed by atoms with Gasteiger partial charge in [0.05, 0.1) is 23.3 Å². The van der Waals surface area contributed by atoms with Gasteiger partial charge >= 0.3 is 41.5 Å². The molecule has 16 heteroatoms. The van der Waals surface area contributed by atoms with Gasteiger partial charge in [0.1, 0.15) is 17.8 Å². The number of carbonyl (C=O) groups excluding carboxylic acids is 4. The molecular weight excluding hydrogens is 643 g/mol. The van der Waals surface area contributed by atoms with Crippen LogP contribution in [0.1, 0.15) is 56.0 Å². The minimum atomic E-state index is -0.639. The molecule has 0 aromatic heterocycles. The minimum absolute atomic E-state index is 0. The predicted molar refractivity (Wildman–Crippen MR) is 163 cm³/mol. The maximum Gasteiger partial charge on any atom is 1.00 e. The van der Waals surface area contributed by atoms with E-state index < -0.39 is 17.9 Å². The van der Waals surface area contributed by atoms with Crippen LogP contribution in [0.4, 0.5) is 0 Å². The number of aldehydes is 1. The standard InChI is InChI=1S/C11H14ClNO2.C7H5ClO2.C5H10O.C4H6O4.C2H3BO2.Na/c12-10-2-1-9(7-11(10)14)8-13-3-5-15-6-4-13;8-6-2-1-5(4-9)3-7(6)10;1-2-4-6-5-3-1;1-3(5)7-8-4(2)6;1-2(4)5-3;/h1-2,7,14H,3-6,8H2;1-4,10H;1-5H2;1-2H3;1H3;/q;;;;-1;+1. The van der Waals surface area contributed by atoms with Crippen molar-refractivity contribution in [2.45, 2.75) is 46.6 Å². The van der Waals surface area contributed by atoms with E-state index in [-0.39, 0.29) is 46.1 Å². The van der Waals surface area contributed by atoms with Crippen LogP contribution >= 0.6 is 23.2 Å². The summed E-state index contributed by atoms with van der Waals surface area (Å²) in [5.41, 5.74) is 1.50. The number of ether oxygens (including phenoxy) is 2. The zero-order valence-corrected chi connectivity index (χ0v) is 29.5. The van der Waals surface area contributed by atoms with E-state index in [0.717, 1.165) is 65.5 Å². The Balaban J connectivity index is 0. The number of benzene rings is 2. The summed E-state index contributed by atoms with van der Waals surface area (Å²) in [6, 6.07) is 9.72. The van der Waals surface area contributed by atoms with E-state index >= 15 is 0 Å². The van der Waals surface area contributed by atoms with Crippen LogP contribution in [-0.2, 0) is 44.8 Å². The van der Waals surface area contributed by atoms with Crippen molar-refractivity contribution >= 4 is 55.4 Å². The molecule has 0 unspecified atom stereocenters. The molecule has 45 heavy (non-hydrogen) atoms. The Bertz CT molecular complexity index is 1130. The van der Waals surface area contributed by atoms with E-state index in [1.54, 1.807) is 12.1 Å². The number of rotatable bonds is 3. The van der Waals surface area contributed by atoms with Gasteiger partial charge in [0.2, 0.25) is 5.97 Å². The van der Waals surface area contributed by atoms with Gasteiger partial charge in [0.15, 0.2) is 0 Å². The van der Waals surface area contributed by atoms with Gasteiger partial charge in [-0.3, -0.25) is 14.5 Å². The van der Waals surface area contributed by atoms with Gasteiger partial charge in [-0.25, -0.2) is 19.4 Å². The molecule has 0 aliphatic carbocycles. The summed E-state index contributed by atoms with van der Waals surface area (Å²) < 4.78 is 13.9. The molecule has 2 aromatic rings. The van der Waals surface area contributed by atoms with Crippen molar-refractivity contribution in [1.29, 1.82) is 0 Å². The fourth-order valence-corrected chi connectivity index (χ4v) is 3.32. The second-order valence-corrected chi connectivity index (χ2v) is 9.75. The maximum absolute atomic E-state index is 10.1. The topological polar surface area (TPSA) is 158 Å². The molecule has 0 atom stereocenters. The Morgan fingerprint density at radius 1 is 0.822 bits per heavy atom. The number of halogens is 2. The molecule has 0 amide bonds. The van der Waals surface area contributed by atoms with Gasteiger partial charge in [0.25, 0.3) is 0 Å². The number of carbonyl (C=O) groups is 4. The van der Waals surface area contributed by atoms with Crippen molar-refractivity contribution < 1.29 is 82.9 Å². The summed E-state index contributed by atoms with van der Waals surface area (Å²) in [6.07, 6.45) is 4.58. The molecule has 243 valence electrons. The summed E-state index contributed by atoms with van der Waals surface area (Å²) >= 11 is 11.2. The Hall–Kier alpha value is -2.36. The number of phenolic OH excluding ortho intramolecular Hbond substituents is 2. The van der Waals surface area contributed by atoms with Gasteiger partial charge in [-0.15, -0.1) is 0 Å². The van der Waals surface area contributed by atoms with Gasteiger partial charge < -0.3 is 32.4 Å². The van der Waals surface area contributed by atoms with E-state index in [4.69, 9.17) is 37.8 Å². The normalized spacial score (nSPS) is 13.4. The van der Waals surface area contributed by atoms with Crippen molar-refractivity contribution in [1.82, 2.24) is 4.90 Å². The SMILES string of the molecule is C1CCOCC1.CC(=O)OOC(C)=O.O=Cc1ccc(Cl)c(O)c1.Oc1cc(CN2CCOCC2)ccc1Cl.[B-]OC(C)=O.[Na+]. The van der Waals surface area contributed by atoms with Crippen LogP contribution in [-0.4, -0.2) is 86.9 Å². The fourth-order valence-electron chi connectivity index (χ4n) is 3.08. The monoisotopic (exact) mass is 680 g/mol. The molecule has 2 saturated heterocycles. The summed E-state index contributed by atoms with van der Waals surface area (Å²) in [6.45, 7) is 9.84. The molecule has 2 aliphatic heterocycles. The molecule has 12 nitrogen and oxygen atoms in total. The minimum Gasteiger partial charge on any atom is -0.793 e. The molecule has 4 rings (SSSR count). The van der Waals surface area contributed by atoms with Gasteiger partial charge in [-0.05, 0) is 55.2 Å². The number of aromatic hydroxyl groups is 2. The van der Waals surface area contributed by atoms with Gasteiger partial charge in [-0.2, -0.15) is 0 Å². The van der Waals surface area contributed by atoms with Crippen LogP contribution in [0.25, 0.3) is 0 Å². The molecule has 0 bridgehead atoms. The third-order valence-electron chi connectivity index (χ3n) is 5.15. The van der Waals surface area contributed by atoms with E-state index in [1.165, 1.54) is 44.4 Å². The number of phenols is 2. The van der Waals surface area contributed by atoms with Crippen molar-refractivity contribution in [2.75, 3.05) is 39.5 Å². The zero-order valence-electron chi connectivity index (χ0n) is 26.0. The molecule has 2 heterocycles. The van der Waals surface area contributed by atoms with Crippen molar-refractivity contribution in [3.63, 3.8) is 0 Å². The molecule has 0 saturated carbocycles. The zero-order chi connectivity index (χ0) is 33.3. The van der Waals surface area contributed by atoms with Crippen molar-refractivity contribution in [3.05, 3.63) is 57.6 Å². The van der Waals surface area contributed by atoms with Crippen LogP contribution in [0.2, 0.25) is 10.0 Å². The van der Waals surface area contributed by atoms with Crippen molar-refractivity contribution in [3.8, 4) is 11.5 Å². The van der Waals surface area contributed by atoms with Crippen LogP contribution in [0.5, 0.6) is 11.5 Å². The van der Waals surface area contributed by atoms with Crippen LogP contribution in [0.3, 0.4) is 0 Å². The van der Waals surface area contributed by atoms with E-state index in [0.29, 0.717) is 16.9 Å². The number of hydrogen-bond donors (Lipinski definition) is 2. The summed E-state index contributed by atoms with van der Waals surface area (Å²) in [5, 5.41) is 19.1. The van der Waals surface area contributed by atoms with Crippen LogP contribution in [0, 0.1) is 0 Å². The Morgan fingerprint density at radius 2 is 1.29 bits per heavy atom. The summed E-state index contributed by atoms with van der Waals surface area (Å²) in [4.78, 5) is 49.2. The average molecular weight is 681 g/mol. The molecule has 2 N–H and O–H groups in total. The van der Waals surface area contributed by atoms with Crippen molar-refractivity contribution in [2.24, 2.45) is 0 Å². The number of nitrogens with zero attached hydrogens (tertiary/aromatic N) is 1. The first-order valence-electron chi connectivity index (χ1n) is 13.4. The largest absolute Gasteiger partial charge is 1.00 e. The van der Waals surface area contributed by atoms with Crippen LogP contribution in [0.15, 0.2) is 36.4 Å². The first kappa shape index (κ1) is 44.8. The second-order valence-electron chi connectivity index (χ2n) is 8.94. The van der Waals surface area contributed by atoms with E-state index in [2.05, 4.69) is 27.4 Å². The molecule has 3 radical (unpaired) electrons. The molecular formula is C29H38BCl2NNaO11. The molecule has 0 spiro atoms. The molecule has 2 aliphatic rings. The van der Waals surface area contributed by atoms with E-state index in [1.807, 2.05) is 6.07 Å². The smallest absolute Gasteiger partial charge is 0.793 e. The third-order valence-corrected chi connectivity index (χ3v) is 5.79. The molecule has 2 aromatic carbocycles. The molecule has 2 fully saturated rings. The predicted octanol–water partition coefficient (Wildman–Crippen LogP) is 1.59. The van der Waals surface area contributed by atoms with Gasteiger partial charge in [0, 0.05) is 59.2 Å². The summed E-state index contributed by atoms with van der Waals surface area (Å²) in [5.74, 6) is -1.65. The Morgan fingerprint density at radius 3 is 1.64 bits per heavy atom. The fraction of sp³-hybridized carbons (Fsp3) is 0.448. The first-order chi connectivity index (χ1) is 20.9. The quantitative estimate of drug-likeness (QED) is 0.209. The van der Waals surface area contributed by atoms with E-state index in [9.17, 15) is 24.3 Å². The second kappa shape index (κ2) is 27.9. The first-order valence-corrected chi connectivity index (χ1v) is 14.2. The number of morpholine rings is 1. The maximum atomic E-state index is 10.1. The third kappa shape index (κ3) is 25.5. The number of hydrogen-bond acceptors (Lipinski definition) is 12. The average Bonchev–Trinajstić information content (AvgIpc) is 3.02. The van der Waals surface area contributed by atoms with Gasteiger partial charge in [-0.1, -0.05) is 29.3 Å². The summed E-state index contributed by atoms with van der Waals surface area (Å²) in [7, 11) is 4.32. The Kier molecular flexibility index (Phi) is 27.8. The van der Waals surface area contributed by atoms with Crippen LogP contribution < -0.4 is 29.6 Å². The Labute approximate surface area is 296 Å².